The van der Waals surface area contributed by atoms with E-state index < -0.39 is 41.5 Å². The SMILES string of the molecule is N#CCc1cc(OC(F)(F)F)c(C(F)(F)F)c(=O)[nH]1. The maximum Gasteiger partial charge on any atom is 0.573 e. The van der Waals surface area contributed by atoms with Crippen LogP contribution in [-0.4, -0.2) is 11.3 Å². The minimum Gasteiger partial charge on any atom is -0.405 e. The van der Waals surface area contributed by atoms with Crippen molar-refractivity contribution < 1.29 is 31.1 Å². The quantitative estimate of drug-likeness (QED) is 0.849. The van der Waals surface area contributed by atoms with Crippen LogP contribution in [0, 0.1) is 11.3 Å². The van der Waals surface area contributed by atoms with Gasteiger partial charge in [-0.05, 0) is 0 Å². The van der Waals surface area contributed by atoms with E-state index in [1.54, 1.807) is 4.98 Å². The molecule has 0 aliphatic heterocycles. The van der Waals surface area contributed by atoms with Gasteiger partial charge in [-0.25, -0.2) is 0 Å². The molecular weight excluding hydrogens is 282 g/mol. The van der Waals surface area contributed by atoms with Gasteiger partial charge in [-0.3, -0.25) is 4.79 Å². The van der Waals surface area contributed by atoms with Gasteiger partial charge in [0.25, 0.3) is 5.56 Å². The molecule has 4 nitrogen and oxygen atoms in total. The number of rotatable bonds is 2. The van der Waals surface area contributed by atoms with Crippen molar-refractivity contribution in [3.63, 3.8) is 0 Å². The van der Waals surface area contributed by atoms with Gasteiger partial charge in [0.2, 0.25) is 0 Å². The molecule has 1 rings (SSSR count). The van der Waals surface area contributed by atoms with Crippen LogP contribution in [0.2, 0.25) is 0 Å². The van der Waals surface area contributed by atoms with Crippen LogP contribution >= 0.6 is 0 Å². The summed E-state index contributed by atoms with van der Waals surface area (Å²) in [6.45, 7) is 0. The molecule has 0 atom stereocenters. The van der Waals surface area contributed by atoms with Crippen molar-refractivity contribution >= 4 is 0 Å². The highest BCUT2D eigenvalue weighted by atomic mass is 19.4. The Morgan fingerprint density at radius 3 is 2.26 bits per heavy atom. The van der Waals surface area contributed by atoms with E-state index in [1.807, 2.05) is 0 Å². The summed E-state index contributed by atoms with van der Waals surface area (Å²) in [5.41, 5.74) is -4.33. The van der Waals surface area contributed by atoms with Gasteiger partial charge in [-0.15, -0.1) is 13.2 Å². The summed E-state index contributed by atoms with van der Waals surface area (Å²) in [5, 5.41) is 8.31. The van der Waals surface area contributed by atoms with Crippen molar-refractivity contribution in [2.75, 3.05) is 0 Å². The van der Waals surface area contributed by atoms with Crippen molar-refractivity contribution in [1.82, 2.24) is 4.98 Å². The van der Waals surface area contributed by atoms with Crippen molar-refractivity contribution in [3.05, 3.63) is 27.7 Å². The number of nitrogens with zero attached hydrogens (tertiary/aromatic N) is 1. The van der Waals surface area contributed by atoms with Crippen molar-refractivity contribution in [3.8, 4) is 11.8 Å². The fourth-order valence-corrected chi connectivity index (χ4v) is 1.24. The molecule has 1 aromatic rings. The van der Waals surface area contributed by atoms with Crippen LogP contribution in [0.3, 0.4) is 0 Å². The molecule has 0 unspecified atom stereocenters. The van der Waals surface area contributed by atoms with Gasteiger partial charge in [0, 0.05) is 11.8 Å². The first kappa shape index (κ1) is 14.9. The Morgan fingerprint density at radius 1 is 1.26 bits per heavy atom. The van der Waals surface area contributed by atoms with Crippen LogP contribution in [0.1, 0.15) is 11.3 Å². The number of hydrogen-bond acceptors (Lipinski definition) is 3. The molecule has 0 aliphatic rings. The zero-order chi connectivity index (χ0) is 14.8. The lowest BCUT2D eigenvalue weighted by atomic mass is 10.2. The molecule has 0 amide bonds. The Hall–Kier alpha value is -2.18. The van der Waals surface area contributed by atoms with E-state index >= 15 is 0 Å². The molecule has 1 N–H and O–H groups in total. The van der Waals surface area contributed by atoms with Gasteiger partial charge in [0.05, 0.1) is 12.5 Å². The van der Waals surface area contributed by atoms with Gasteiger partial charge in [-0.2, -0.15) is 18.4 Å². The Kier molecular flexibility index (Phi) is 3.78. The number of nitrogens with one attached hydrogen (secondary N) is 1. The fourth-order valence-electron chi connectivity index (χ4n) is 1.24. The molecule has 1 aromatic heterocycles. The molecule has 0 radical (unpaired) electrons. The zero-order valence-corrected chi connectivity index (χ0v) is 8.82. The average molecular weight is 286 g/mol. The zero-order valence-electron chi connectivity index (χ0n) is 8.82. The van der Waals surface area contributed by atoms with Gasteiger partial charge in [0.15, 0.2) is 5.56 Å². The summed E-state index contributed by atoms with van der Waals surface area (Å²) in [5.74, 6) is -1.69. The van der Waals surface area contributed by atoms with Crippen LogP contribution in [0.25, 0.3) is 0 Å². The van der Waals surface area contributed by atoms with E-state index in [1.165, 1.54) is 6.07 Å². The van der Waals surface area contributed by atoms with E-state index in [-0.39, 0.29) is 0 Å². The number of aromatic nitrogens is 1. The molecule has 10 heteroatoms. The predicted molar refractivity (Wildman–Crippen MR) is 48.1 cm³/mol. The number of hydrogen-bond donors (Lipinski definition) is 1. The molecule has 0 saturated carbocycles. The second kappa shape index (κ2) is 4.83. The Labute approximate surface area is 101 Å². The second-order valence-corrected chi connectivity index (χ2v) is 3.24. The van der Waals surface area contributed by atoms with Gasteiger partial charge in [-0.1, -0.05) is 0 Å². The number of ether oxygens (including phenoxy) is 1. The van der Waals surface area contributed by atoms with E-state index in [4.69, 9.17) is 5.26 Å². The van der Waals surface area contributed by atoms with Crippen LogP contribution in [0.4, 0.5) is 26.3 Å². The van der Waals surface area contributed by atoms with Crippen LogP contribution in [0.15, 0.2) is 10.9 Å². The highest BCUT2D eigenvalue weighted by molar-refractivity contribution is 5.36. The minimum absolute atomic E-state index is 0.320. The lowest BCUT2D eigenvalue weighted by Gasteiger charge is -2.15. The van der Waals surface area contributed by atoms with E-state index in [0.717, 1.165) is 0 Å². The predicted octanol–water partition coefficient (Wildman–Crippen LogP) is 2.36. The van der Waals surface area contributed by atoms with Crippen molar-refractivity contribution in [2.24, 2.45) is 0 Å². The Morgan fingerprint density at radius 2 is 1.84 bits per heavy atom. The fraction of sp³-hybridized carbons (Fsp3) is 0.333. The van der Waals surface area contributed by atoms with Gasteiger partial charge < -0.3 is 9.72 Å². The van der Waals surface area contributed by atoms with E-state index in [0.29, 0.717) is 6.07 Å². The Bertz CT molecular complexity index is 566. The molecule has 0 saturated heterocycles. The number of pyridine rings is 1. The van der Waals surface area contributed by atoms with E-state index in [9.17, 15) is 31.1 Å². The molecule has 1 heterocycles. The molecule has 0 aliphatic carbocycles. The number of aromatic amines is 1. The van der Waals surface area contributed by atoms with Crippen LogP contribution in [-0.2, 0) is 12.6 Å². The Balaban J connectivity index is 3.46. The third kappa shape index (κ3) is 3.90. The van der Waals surface area contributed by atoms with Crippen LogP contribution in [0.5, 0.6) is 5.75 Å². The molecule has 0 aromatic carbocycles. The number of nitriles is 1. The molecule has 0 fully saturated rings. The summed E-state index contributed by atoms with van der Waals surface area (Å²) >= 11 is 0. The summed E-state index contributed by atoms with van der Waals surface area (Å²) in [7, 11) is 0. The first-order chi connectivity index (χ1) is 8.54. The standard InChI is InChI=1S/C9H4F6N2O2/c10-8(11,12)6-5(19-9(13,14)15)3-4(1-2-16)17-7(6)18/h3H,1H2,(H,17,18). The largest absolute Gasteiger partial charge is 0.573 e. The molecule has 0 bridgehead atoms. The molecular formula is C9H4F6N2O2. The lowest BCUT2D eigenvalue weighted by Crippen LogP contribution is -2.27. The van der Waals surface area contributed by atoms with Crippen molar-refractivity contribution in [1.29, 1.82) is 5.26 Å². The highest BCUT2D eigenvalue weighted by Crippen LogP contribution is 2.36. The van der Waals surface area contributed by atoms with Crippen molar-refractivity contribution in [2.45, 2.75) is 19.0 Å². The molecule has 19 heavy (non-hydrogen) atoms. The average Bonchev–Trinajstić information content (AvgIpc) is 2.11. The van der Waals surface area contributed by atoms with Crippen LogP contribution < -0.4 is 10.3 Å². The topological polar surface area (TPSA) is 65.9 Å². The van der Waals surface area contributed by atoms with Gasteiger partial charge in [0.1, 0.15) is 5.75 Å². The number of alkyl halides is 6. The lowest BCUT2D eigenvalue weighted by molar-refractivity contribution is -0.276. The van der Waals surface area contributed by atoms with E-state index in [2.05, 4.69) is 4.74 Å². The maximum absolute atomic E-state index is 12.5. The highest BCUT2D eigenvalue weighted by Gasteiger charge is 2.42. The number of halogens is 6. The normalized spacial score (nSPS) is 12.1. The summed E-state index contributed by atoms with van der Waals surface area (Å²) in [4.78, 5) is 12.8. The van der Waals surface area contributed by atoms with Gasteiger partial charge >= 0.3 is 12.5 Å². The third-order valence-corrected chi connectivity index (χ3v) is 1.83. The summed E-state index contributed by atoms with van der Waals surface area (Å²) in [6.07, 6.45) is -11.3. The molecule has 0 spiro atoms. The monoisotopic (exact) mass is 286 g/mol. The minimum atomic E-state index is -5.39. The smallest absolute Gasteiger partial charge is 0.405 e. The first-order valence-electron chi connectivity index (χ1n) is 4.50. The molecule has 104 valence electrons. The summed E-state index contributed by atoms with van der Waals surface area (Å²) in [6, 6.07) is 1.79. The number of H-pyrrole nitrogens is 1. The third-order valence-electron chi connectivity index (χ3n) is 1.83. The second-order valence-electron chi connectivity index (χ2n) is 3.24. The first-order valence-corrected chi connectivity index (χ1v) is 4.50. The maximum atomic E-state index is 12.5. The summed E-state index contributed by atoms with van der Waals surface area (Å²) < 4.78 is 76.6.